The molecule has 1 saturated heterocycles. The van der Waals surface area contributed by atoms with Gasteiger partial charge in [-0.2, -0.15) is 0 Å². The summed E-state index contributed by atoms with van der Waals surface area (Å²) in [7, 11) is 1.47. The van der Waals surface area contributed by atoms with Crippen LogP contribution in [0.5, 0.6) is 5.75 Å². The van der Waals surface area contributed by atoms with Crippen LogP contribution in [0.25, 0.3) is 16.8 Å². The number of aliphatic hydroxyl groups excluding tert-OH is 1. The second-order valence-electron chi connectivity index (χ2n) is 7.73. The quantitative estimate of drug-likeness (QED) is 0.283. The maximum Gasteiger partial charge on any atom is 0.302 e. The van der Waals surface area contributed by atoms with Crippen molar-refractivity contribution in [2.45, 2.75) is 13.0 Å². The largest absolute Gasteiger partial charge is 0.507 e. The van der Waals surface area contributed by atoms with Gasteiger partial charge in [0.15, 0.2) is 0 Å². The second kappa shape index (κ2) is 7.90. The fourth-order valence-electron chi connectivity index (χ4n) is 4.12. The van der Waals surface area contributed by atoms with Crippen molar-refractivity contribution in [2.75, 3.05) is 12.0 Å². The lowest BCUT2D eigenvalue weighted by Gasteiger charge is -2.23. The monoisotopic (exact) mass is 440 g/mol. The predicted molar refractivity (Wildman–Crippen MR) is 123 cm³/mol. The van der Waals surface area contributed by atoms with E-state index in [1.54, 1.807) is 48.8 Å². The Morgan fingerprint density at radius 2 is 1.85 bits per heavy atom. The number of para-hydroxylation sites is 1. The summed E-state index contributed by atoms with van der Waals surface area (Å²) in [5, 5.41) is 11.2. The number of benzene rings is 2. The minimum atomic E-state index is -0.903. The molecule has 2 N–H and O–H groups in total. The van der Waals surface area contributed by atoms with Crippen molar-refractivity contribution in [3.05, 3.63) is 89.3 Å². The number of nitrogens with zero attached hydrogens (tertiary/aromatic N) is 3. The summed E-state index contributed by atoms with van der Waals surface area (Å²) >= 11 is 0. The Balaban J connectivity index is 1.74. The van der Waals surface area contributed by atoms with Gasteiger partial charge < -0.3 is 14.8 Å². The van der Waals surface area contributed by atoms with E-state index in [-0.39, 0.29) is 17.3 Å². The average Bonchev–Trinajstić information content (AvgIpc) is 3.37. The predicted octanol–water partition coefficient (Wildman–Crippen LogP) is 3.90. The highest BCUT2D eigenvalue weighted by Gasteiger charge is 2.48. The first kappa shape index (κ1) is 20.4. The summed E-state index contributed by atoms with van der Waals surface area (Å²) in [6.07, 6.45) is 3.14. The van der Waals surface area contributed by atoms with Crippen LogP contribution < -0.4 is 9.64 Å². The third-order valence-corrected chi connectivity index (χ3v) is 5.68. The van der Waals surface area contributed by atoms with Gasteiger partial charge in [-0.25, -0.2) is 4.98 Å². The zero-order valence-electron chi connectivity index (χ0n) is 17.9. The van der Waals surface area contributed by atoms with Crippen LogP contribution in [-0.2, 0) is 9.59 Å². The highest BCUT2D eigenvalue weighted by molar-refractivity contribution is 6.51. The van der Waals surface area contributed by atoms with E-state index in [1.807, 2.05) is 25.1 Å². The normalized spacial score (nSPS) is 17.6. The van der Waals surface area contributed by atoms with Gasteiger partial charge in [0.1, 0.15) is 11.5 Å². The van der Waals surface area contributed by atoms with Crippen molar-refractivity contribution in [3.63, 3.8) is 0 Å². The molecular formula is C25H20N4O4. The molecule has 1 aliphatic rings. The van der Waals surface area contributed by atoms with Gasteiger partial charge in [-0.05, 0) is 54.4 Å². The first-order valence-corrected chi connectivity index (χ1v) is 10.3. The van der Waals surface area contributed by atoms with E-state index in [1.165, 1.54) is 12.0 Å². The number of anilines is 1. The Morgan fingerprint density at radius 1 is 1.09 bits per heavy atom. The Morgan fingerprint density at radius 3 is 2.61 bits per heavy atom. The SMILES string of the molecule is COc1ccccc1/C(O)=C1\C(=O)C(=O)N(c2nc3ccc(C)cc3[nH]2)C1c1ccncc1. The summed E-state index contributed by atoms with van der Waals surface area (Å²) < 4.78 is 5.36. The molecule has 1 unspecified atom stereocenters. The number of aromatic amines is 1. The number of hydrogen-bond acceptors (Lipinski definition) is 6. The first-order valence-electron chi connectivity index (χ1n) is 10.3. The lowest BCUT2D eigenvalue weighted by molar-refractivity contribution is -0.132. The molecule has 1 amide bonds. The van der Waals surface area contributed by atoms with E-state index in [2.05, 4.69) is 15.0 Å². The van der Waals surface area contributed by atoms with Gasteiger partial charge in [0.25, 0.3) is 5.78 Å². The summed E-state index contributed by atoms with van der Waals surface area (Å²) in [5.41, 5.74) is 3.31. The molecule has 5 rings (SSSR count). The van der Waals surface area contributed by atoms with E-state index in [9.17, 15) is 14.7 Å². The number of nitrogens with one attached hydrogen (secondary N) is 1. The minimum absolute atomic E-state index is 0.0488. The average molecular weight is 440 g/mol. The number of imidazole rings is 1. The first-order chi connectivity index (χ1) is 16.0. The van der Waals surface area contributed by atoms with Crippen LogP contribution in [0.2, 0.25) is 0 Å². The number of aromatic nitrogens is 3. The molecule has 0 radical (unpaired) electrons. The number of H-pyrrole nitrogens is 1. The highest BCUT2D eigenvalue weighted by Crippen LogP contribution is 2.42. The van der Waals surface area contributed by atoms with Crippen molar-refractivity contribution in [2.24, 2.45) is 0 Å². The van der Waals surface area contributed by atoms with Crippen LogP contribution in [0, 0.1) is 6.92 Å². The topological polar surface area (TPSA) is 108 Å². The van der Waals surface area contributed by atoms with E-state index in [0.29, 0.717) is 22.4 Å². The molecule has 1 aliphatic heterocycles. The molecule has 4 aromatic rings. The highest BCUT2D eigenvalue weighted by atomic mass is 16.5. The van der Waals surface area contributed by atoms with Crippen LogP contribution in [0.3, 0.4) is 0 Å². The number of carbonyl (C=O) groups is 2. The zero-order chi connectivity index (χ0) is 23.1. The van der Waals surface area contributed by atoms with Gasteiger partial charge in [-0.3, -0.25) is 19.5 Å². The zero-order valence-corrected chi connectivity index (χ0v) is 17.9. The van der Waals surface area contributed by atoms with Gasteiger partial charge in [0, 0.05) is 12.4 Å². The molecule has 1 atom stereocenters. The number of aliphatic hydroxyl groups is 1. The Hall–Kier alpha value is -4.46. The molecule has 0 aliphatic carbocycles. The molecule has 8 heteroatoms. The molecule has 164 valence electrons. The summed E-state index contributed by atoms with van der Waals surface area (Å²) in [6, 6.07) is 15.0. The molecule has 2 aromatic heterocycles. The number of amides is 1. The van der Waals surface area contributed by atoms with Crippen molar-refractivity contribution < 1.29 is 19.4 Å². The molecule has 8 nitrogen and oxygen atoms in total. The molecule has 1 fully saturated rings. The smallest absolute Gasteiger partial charge is 0.302 e. The lowest BCUT2D eigenvalue weighted by Crippen LogP contribution is -2.30. The molecule has 0 saturated carbocycles. The van der Waals surface area contributed by atoms with Gasteiger partial charge in [-0.1, -0.05) is 18.2 Å². The number of methoxy groups -OCH3 is 1. The molecule has 33 heavy (non-hydrogen) atoms. The molecule has 0 spiro atoms. The fourth-order valence-corrected chi connectivity index (χ4v) is 4.12. The third kappa shape index (κ3) is 3.32. The van der Waals surface area contributed by atoms with E-state index < -0.39 is 17.7 Å². The van der Waals surface area contributed by atoms with Gasteiger partial charge in [-0.15, -0.1) is 0 Å². The van der Waals surface area contributed by atoms with Crippen molar-refractivity contribution in [1.29, 1.82) is 0 Å². The van der Waals surface area contributed by atoms with Gasteiger partial charge in [0.05, 0.1) is 35.3 Å². The number of pyridine rings is 1. The standard InChI is InChI=1S/C25H20N4O4/c1-14-7-8-17-18(13-14)28-25(27-17)29-21(15-9-11-26-12-10-15)20(23(31)24(29)32)22(30)16-5-3-4-6-19(16)33-2/h3-13,21,30H,1-2H3,(H,27,28)/b22-20+. The van der Waals surface area contributed by atoms with Gasteiger partial charge >= 0.3 is 5.91 Å². The number of ether oxygens (including phenoxy) is 1. The fraction of sp³-hybridized carbons (Fsp3) is 0.120. The molecule has 2 aromatic carbocycles. The maximum absolute atomic E-state index is 13.3. The summed E-state index contributed by atoms with van der Waals surface area (Å²) in [5.74, 6) is -1.31. The van der Waals surface area contributed by atoms with E-state index in [0.717, 1.165) is 11.1 Å². The van der Waals surface area contributed by atoms with Crippen LogP contribution in [0.4, 0.5) is 5.95 Å². The lowest BCUT2D eigenvalue weighted by atomic mass is 9.95. The van der Waals surface area contributed by atoms with Crippen LogP contribution in [-0.4, -0.2) is 38.9 Å². The minimum Gasteiger partial charge on any atom is -0.507 e. The maximum atomic E-state index is 13.3. The number of Topliss-reactive ketones (excluding diaryl/α,β-unsaturated/α-hetero) is 1. The number of ketones is 1. The van der Waals surface area contributed by atoms with E-state index in [4.69, 9.17) is 4.74 Å². The molecular weight excluding hydrogens is 420 g/mol. The number of hydrogen-bond donors (Lipinski definition) is 2. The van der Waals surface area contributed by atoms with Crippen molar-refractivity contribution >= 4 is 34.4 Å². The van der Waals surface area contributed by atoms with Crippen LogP contribution in [0.1, 0.15) is 22.7 Å². The van der Waals surface area contributed by atoms with Crippen molar-refractivity contribution in [3.8, 4) is 5.75 Å². The van der Waals surface area contributed by atoms with Crippen molar-refractivity contribution in [1.82, 2.24) is 15.0 Å². The third-order valence-electron chi connectivity index (χ3n) is 5.68. The Labute approximate surface area is 189 Å². The summed E-state index contributed by atoms with van der Waals surface area (Å²) in [4.78, 5) is 39.5. The van der Waals surface area contributed by atoms with Crippen LogP contribution in [0.15, 0.2) is 72.6 Å². The summed E-state index contributed by atoms with van der Waals surface area (Å²) in [6.45, 7) is 1.95. The van der Waals surface area contributed by atoms with Gasteiger partial charge in [0.2, 0.25) is 5.95 Å². The Bertz CT molecular complexity index is 1420. The molecule has 0 bridgehead atoms. The van der Waals surface area contributed by atoms with E-state index >= 15 is 0 Å². The number of fused-ring (bicyclic) bond motifs is 1. The number of carbonyl (C=O) groups excluding carboxylic acids is 2. The molecule has 3 heterocycles. The van der Waals surface area contributed by atoms with Crippen LogP contribution >= 0.6 is 0 Å². The Kier molecular flexibility index (Phi) is 4.90. The second-order valence-corrected chi connectivity index (χ2v) is 7.73. The number of rotatable bonds is 4. The number of aryl methyl sites for hydroxylation is 1.